The minimum Gasteiger partial charge on any atom is -0.450 e. The Morgan fingerprint density at radius 3 is 2.57 bits per heavy atom. The van der Waals surface area contributed by atoms with E-state index in [-0.39, 0.29) is 17.3 Å². The molecule has 0 fully saturated rings. The fourth-order valence-corrected chi connectivity index (χ4v) is 3.35. The molecular weight excluding hydrogens is 403 g/mol. The van der Waals surface area contributed by atoms with Crippen LogP contribution in [0.15, 0.2) is 59.9 Å². The zero-order chi connectivity index (χ0) is 20.3. The molecule has 0 saturated carbocycles. The van der Waals surface area contributed by atoms with Gasteiger partial charge in [0, 0.05) is 16.3 Å². The van der Waals surface area contributed by atoms with Gasteiger partial charge in [-0.3, -0.25) is 9.36 Å². The minimum atomic E-state index is -1.01. The monoisotopic (exact) mass is 418 g/mol. The molecule has 0 N–H and O–H groups in total. The zero-order valence-corrected chi connectivity index (χ0v) is 16.6. The first kappa shape index (κ1) is 20.1. The highest BCUT2D eigenvalue weighted by atomic mass is 35.5. The summed E-state index contributed by atoms with van der Waals surface area (Å²) >= 11 is 7.24. The van der Waals surface area contributed by atoms with Gasteiger partial charge in [-0.1, -0.05) is 35.5 Å². The maximum atomic E-state index is 13.3. The van der Waals surface area contributed by atoms with Crippen LogP contribution in [0.4, 0.5) is 4.39 Å². The standard InChI is InChI=1S/C20H16ClFN2O3S/c1-12(18(25)13-4-3-5-14(21)10-13)27-19(26)17-11-23-20(28-2)24(17)16-8-6-15(22)7-9-16/h3-12H,1-2H3. The van der Waals surface area contributed by atoms with Gasteiger partial charge in [-0.05, 0) is 49.6 Å². The van der Waals surface area contributed by atoms with Gasteiger partial charge >= 0.3 is 5.97 Å². The van der Waals surface area contributed by atoms with Crippen LogP contribution in [0.5, 0.6) is 0 Å². The number of hydrogen-bond donors (Lipinski definition) is 0. The minimum absolute atomic E-state index is 0.140. The number of rotatable bonds is 6. The molecule has 0 spiro atoms. The first-order chi connectivity index (χ1) is 13.4. The van der Waals surface area contributed by atoms with Gasteiger partial charge in [0.25, 0.3) is 0 Å². The molecular formula is C20H16ClFN2O3S. The normalized spacial score (nSPS) is 11.9. The molecule has 1 aromatic heterocycles. The molecule has 0 saturated heterocycles. The molecule has 1 heterocycles. The number of carbonyl (C=O) groups is 2. The van der Waals surface area contributed by atoms with Crippen LogP contribution in [-0.4, -0.2) is 33.7 Å². The van der Waals surface area contributed by atoms with Gasteiger partial charge < -0.3 is 4.74 Å². The maximum Gasteiger partial charge on any atom is 0.357 e. The number of imidazole rings is 1. The lowest BCUT2D eigenvalue weighted by molar-refractivity contribution is 0.0310. The molecule has 0 amide bonds. The van der Waals surface area contributed by atoms with Gasteiger partial charge in [0.1, 0.15) is 5.82 Å². The molecule has 0 bridgehead atoms. The summed E-state index contributed by atoms with van der Waals surface area (Å²) in [6, 6.07) is 12.1. The number of thioether (sulfide) groups is 1. The van der Waals surface area contributed by atoms with Crippen molar-refractivity contribution >= 4 is 35.1 Å². The highest BCUT2D eigenvalue weighted by Gasteiger charge is 2.24. The Balaban J connectivity index is 1.85. The largest absolute Gasteiger partial charge is 0.450 e. The molecule has 0 radical (unpaired) electrons. The number of Topliss-reactive ketones (excluding diaryl/α,β-unsaturated/α-hetero) is 1. The molecule has 3 aromatic rings. The number of esters is 1. The summed E-state index contributed by atoms with van der Waals surface area (Å²) < 4.78 is 20.2. The Hall–Kier alpha value is -2.64. The van der Waals surface area contributed by atoms with E-state index in [4.69, 9.17) is 16.3 Å². The highest BCUT2D eigenvalue weighted by molar-refractivity contribution is 7.98. The summed E-state index contributed by atoms with van der Waals surface area (Å²) in [4.78, 5) is 29.4. The number of halogens is 2. The van der Waals surface area contributed by atoms with E-state index in [0.29, 0.717) is 21.4 Å². The van der Waals surface area contributed by atoms with Gasteiger partial charge in [0.15, 0.2) is 17.0 Å². The molecule has 2 aromatic carbocycles. The van der Waals surface area contributed by atoms with Crippen LogP contribution in [-0.2, 0) is 4.74 Å². The van der Waals surface area contributed by atoms with Crippen LogP contribution in [0.2, 0.25) is 5.02 Å². The van der Waals surface area contributed by atoms with Crippen molar-refractivity contribution in [3.8, 4) is 5.69 Å². The number of benzene rings is 2. The Kier molecular flexibility index (Phi) is 6.16. The molecule has 1 atom stereocenters. The van der Waals surface area contributed by atoms with Gasteiger partial charge in [0.05, 0.1) is 6.20 Å². The van der Waals surface area contributed by atoms with E-state index in [1.165, 1.54) is 55.2 Å². The molecule has 28 heavy (non-hydrogen) atoms. The third-order valence-corrected chi connectivity index (χ3v) is 4.86. The second-order valence-electron chi connectivity index (χ2n) is 5.86. The molecule has 0 aliphatic carbocycles. The smallest absolute Gasteiger partial charge is 0.357 e. The lowest BCUT2D eigenvalue weighted by Crippen LogP contribution is -2.25. The lowest BCUT2D eigenvalue weighted by Gasteiger charge is -2.14. The van der Waals surface area contributed by atoms with E-state index in [1.807, 2.05) is 6.26 Å². The number of aromatic nitrogens is 2. The first-order valence-corrected chi connectivity index (χ1v) is 9.89. The number of carbonyl (C=O) groups excluding carboxylic acids is 2. The van der Waals surface area contributed by atoms with Crippen LogP contribution in [0.25, 0.3) is 5.69 Å². The fraction of sp³-hybridized carbons (Fsp3) is 0.150. The Labute approximate surface area is 170 Å². The number of ketones is 1. The molecule has 1 unspecified atom stereocenters. The highest BCUT2D eigenvalue weighted by Crippen LogP contribution is 2.23. The first-order valence-electron chi connectivity index (χ1n) is 8.29. The van der Waals surface area contributed by atoms with Crippen molar-refractivity contribution in [3.63, 3.8) is 0 Å². The summed E-state index contributed by atoms with van der Waals surface area (Å²) in [5.74, 6) is -1.46. The van der Waals surface area contributed by atoms with E-state index in [0.717, 1.165) is 0 Å². The predicted molar refractivity (Wildman–Crippen MR) is 106 cm³/mol. The van der Waals surface area contributed by atoms with Crippen molar-refractivity contribution in [3.05, 3.63) is 76.8 Å². The molecule has 0 aliphatic heterocycles. The third-order valence-electron chi connectivity index (χ3n) is 3.97. The van der Waals surface area contributed by atoms with E-state index in [2.05, 4.69) is 4.98 Å². The van der Waals surface area contributed by atoms with Crippen molar-refractivity contribution in [2.45, 2.75) is 18.2 Å². The van der Waals surface area contributed by atoms with Crippen molar-refractivity contribution in [2.75, 3.05) is 6.26 Å². The maximum absolute atomic E-state index is 13.3. The summed E-state index contributed by atoms with van der Waals surface area (Å²) in [5, 5.41) is 0.954. The van der Waals surface area contributed by atoms with Crippen molar-refractivity contribution < 1.29 is 18.7 Å². The second-order valence-corrected chi connectivity index (χ2v) is 7.07. The quantitative estimate of drug-likeness (QED) is 0.326. The Bertz CT molecular complexity index is 1020. The van der Waals surface area contributed by atoms with Crippen LogP contribution in [0, 0.1) is 5.82 Å². The van der Waals surface area contributed by atoms with Crippen LogP contribution < -0.4 is 0 Å². The number of hydrogen-bond acceptors (Lipinski definition) is 5. The van der Waals surface area contributed by atoms with Crippen molar-refractivity contribution in [1.82, 2.24) is 9.55 Å². The van der Waals surface area contributed by atoms with E-state index in [1.54, 1.807) is 22.8 Å². The Morgan fingerprint density at radius 2 is 1.93 bits per heavy atom. The summed E-state index contributed by atoms with van der Waals surface area (Å²) in [7, 11) is 0. The van der Waals surface area contributed by atoms with Gasteiger partial charge in [-0.2, -0.15) is 0 Å². The summed E-state index contributed by atoms with van der Waals surface area (Å²) in [5.41, 5.74) is 1.05. The number of nitrogens with zero attached hydrogens (tertiary/aromatic N) is 2. The topological polar surface area (TPSA) is 61.2 Å². The average molecular weight is 419 g/mol. The Morgan fingerprint density at radius 1 is 1.21 bits per heavy atom. The van der Waals surface area contributed by atoms with E-state index >= 15 is 0 Å². The third kappa shape index (κ3) is 4.26. The van der Waals surface area contributed by atoms with E-state index < -0.39 is 12.1 Å². The molecule has 0 aliphatic rings. The van der Waals surface area contributed by atoms with Crippen LogP contribution in [0.3, 0.4) is 0 Å². The molecule has 5 nitrogen and oxygen atoms in total. The molecule has 144 valence electrons. The average Bonchev–Trinajstić information content (AvgIpc) is 3.12. The van der Waals surface area contributed by atoms with Crippen LogP contribution in [0.1, 0.15) is 27.8 Å². The van der Waals surface area contributed by atoms with Crippen molar-refractivity contribution in [2.24, 2.45) is 0 Å². The van der Waals surface area contributed by atoms with Crippen molar-refractivity contribution in [1.29, 1.82) is 0 Å². The van der Waals surface area contributed by atoms with Gasteiger partial charge in [0.2, 0.25) is 5.78 Å². The molecule has 3 rings (SSSR count). The van der Waals surface area contributed by atoms with Crippen LogP contribution >= 0.6 is 23.4 Å². The zero-order valence-electron chi connectivity index (χ0n) is 15.1. The molecule has 8 heteroatoms. The second kappa shape index (κ2) is 8.58. The number of ether oxygens (including phenoxy) is 1. The fourth-order valence-electron chi connectivity index (χ4n) is 2.61. The SMILES string of the molecule is CSc1ncc(C(=O)OC(C)C(=O)c2cccc(Cl)c2)n1-c1ccc(F)cc1. The lowest BCUT2D eigenvalue weighted by atomic mass is 10.1. The predicted octanol–water partition coefficient (Wildman–Crippen LogP) is 4.81. The van der Waals surface area contributed by atoms with Gasteiger partial charge in [-0.15, -0.1) is 0 Å². The van der Waals surface area contributed by atoms with E-state index in [9.17, 15) is 14.0 Å². The summed E-state index contributed by atoms with van der Waals surface area (Å²) in [6.07, 6.45) is 2.16. The van der Waals surface area contributed by atoms with Gasteiger partial charge in [-0.25, -0.2) is 14.2 Å². The summed E-state index contributed by atoms with van der Waals surface area (Å²) in [6.45, 7) is 1.50.